The van der Waals surface area contributed by atoms with Gasteiger partial charge >= 0.3 is 0 Å². The molecule has 1 atom stereocenters. The van der Waals surface area contributed by atoms with Crippen molar-refractivity contribution < 1.29 is 9.90 Å². The van der Waals surface area contributed by atoms with E-state index >= 15 is 0 Å². The predicted octanol–water partition coefficient (Wildman–Crippen LogP) is 1.54. The van der Waals surface area contributed by atoms with Gasteiger partial charge in [-0.2, -0.15) is 0 Å². The Hall–Kier alpha value is -2.28. The number of hydrogen-bond donors (Lipinski definition) is 1. The maximum Gasteiger partial charge on any atom is 0.272 e. The zero-order valence-corrected chi connectivity index (χ0v) is 15.0. The van der Waals surface area contributed by atoms with Gasteiger partial charge in [0.05, 0.1) is 12.1 Å². The fourth-order valence-corrected chi connectivity index (χ4v) is 3.23. The molecule has 1 N–H and O–H groups in total. The van der Waals surface area contributed by atoms with Crippen LogP contribution >= 0.6 is 0 Å². The molecule has 2 aromatic heterocycles. The Kier molecular flexibility index (Phi) is 4.85. The van der Waals surface area contributed by atoms with Crippen LogP contribution in [0.25, 0.3) is 0 Å². The highest BCUT2D eigenvalue weighted by Gasteiger charge is 2.37. The van der Waals surface area contributed by atoms with Gasteiger partial charge in [0.15, 0.2) is 0 Å². The van der Waals surface area contributed by atoms with Crippen LogP contribution in [0.15, 0.2) is 24.7 Å². The van der Waals surface area contributed by atoms with Crippen molar-refractivity contribution in [2.75, 3.05) is 13.1 Å². The van der Waals surface area contributed by atoms with Gasteiger partial charge in [-0.15, -0.1) is 10.2 Å². The van der Waals surface area contributed by atoms with Gasteiger partial charge in [-0.25, -0.2) is 0 Å². The number of nitrogens with zero attached hydrogens (tertiary/aromatic N) is 5. The second-order valence-corrected chi connectivity index (χ2v) is 7.22. The third-order valence-corrected chi connectivity index (χ3v) is 4.81. The second-order valence-electron chi connectivity index (χ2n) is 7.22. The molecule has 3 rings (SSSR count). The lowest BCUT2D eigenvalue weighted by Gasteiger charge is -2.38. The van der Waals surface area contributed by atoms with Crippen molar-refractivity contribution in [1.82, 2.24) is 24.6 Å². The number of piperidine rings is 1. The number of aryl methyl sites for hydroxylation is 1. The molecule has 0 saturated carbocycles. The first-order valence-electron chi connectivity index (χ1n) is 8.68. The van der Waals surface area contributed by atoms with Crippen LogP contribution in [0, 0.1) is 0 Å². The Labute approximate surface area is 147 Å². The third kappa shape index (κ3) is 3.87. The van der Waals surface area contributed by atoms with E-state index in [1.165, 1.54) is 0 Å². The summed E-state index contributed by atoms with van der Waals surface area (Å²) >= 11 is 0. The standard InChI is InChI=1S/C18H25N5O2/c1-13(2)14-5-6-15(19-10-14)17(24)23-8-4-7-18(25,11-23)9-16-21-20-12-22(16)3/h5-6,10,12-13,25H,4,7-9,11H2,1-3H3. The highest BCUT2D eigenvalue weighted by molar-refractivity contribution is 5.92. The first kappa shape index (κ1) is 17.5. The van der Waals surface area contributed by atoms with Gasteiger partial charge in [-0.3, -0.25) is 9.78 Å². The molecule has 1 aliphatic heterocycles. The number of amides is 1. The highest BCUT2D eigenvalue weighted by Crippen LogP contribution is 2.25. The van der Waals surface area contributed by atoms with Crippen molar-refractivity contribution >= 4 is 5.91 Å². The minimum absolute atomic E-state index is 0.133. The fraction of sp³-hybridized carbons (Fsp3) is 0.556. The molecule has 2 aromatic rings. The van der Waals surface area contributed by atoms with E-state index in [2.05, 4.69) is 29.0 Å². The van der Waals surface area contributed by atoms with Gasteiger partial charge in [0.2, 0.25) is 0 Å². The van der Waals surface area contributed by atoms with Crippen LogP contribution in [-0.4, -0.2) is 54.4 Å². The lowest BCUT2D eigenvalue weighted by atomic mass is 9.89. The van der Waals surface area contributed by atoms with E-state index in [9.17, 15) is 9.90 Å². The molecule has 1 saturated heterocycles. The van der Waals surface area contributed by atoms with Crippen molar-refractivity contribution in [3.63, 3.8) is 0 Å². The molecule has 0 spiro atoms. The molecule has 1 unspecified atom stereocenters. The molecule has 7 nitrogen and oxygen atoms in total. The Morgan fingerprint density at radius 2 is 2.20 bits per heavy atom. The second kappa shape index (κ2) is 6.92. The molecule has 134 valence electrons. The lowest BCUT2D eigenvalue weighted by molar-refractivity contribution is -0.0259. The van der Waals surface area contributed by atoms with Gasteiger partial charge in [0.25, 0.3) is 5.91 Å². The molecule has 1 amide bonds. The Morgan fingerprint density at radius 1 is 1.40 bits per heavy atom. The number of pyridine rings is 1. The molecular formula is C18H25N5O2. The highest BCUT2D eigenvalue weighted by atomic mass is 16.3. The number of β-amino-alcohol motifs (C(OH)–C–C–N with tert-alkyl or cyclic N) is 1. The number of carbonyl (C=O) groups excluding carboxylic acids is 1. The normalized spacial score (nSPS) is 20.9. The first-order chi connectivity index (χ1) is 11.9. The zero-order valence-electron chi connectivity index (χ0n) is 15.0. The minimum Gasteiger partial charge on any atom is -0.388 e. The third-order valence-electron chi connectivity index (χ3n) is 4.81. The van der Waals surface area contributed by atoms with E-state index in [0.29, 0.717) is 31.0 Å². The predicted molar refractivity (Wildman–Crippen MR) is 93.1 cm³/mol. The van der Waals surface area contributed by atoms with Crippen molar-refractivity contribution in [3.8, 4) is 0 Å². The topological polar surface area (TPSA) is 84.1 Å². The Bertz CT molecular complexity index is 740. The number of hydrogen-bond acceptors (Lipinski definition) is 5. The van der Waals surface area contributed by atoms with Gasteiger partial charge in [0.1, 0.15) is 17.8 Å². The van der Waals surface area contributed by atoms with Crippen LogP contribution in [0.1, 0.15) is 54.5 Å². The number of aromatic nitrogens is 4. The monoisotopic (exact) mass is 343 g/mol. The van der Waals surface area contributed by atoms with Crippen LogP contribution in [0.5, 0.6) is 0 Å². The molecule has 0 aliphatic carbocycles. The Morgan fingerprint density at radius 3 is 2.80 bits per heavy atom. The maximum absolute atomic E-state index is 12.8. The largest absolute Gasteiger partial charge is 0.388 e. The molecule has 1 fully saturated rings. The van der Waals surface area contributed by atoms with Gasteiger partial charge in [0, 0.05) is 26.2 Å². The van der Waals surface area contributed by atoms with Crippen LogP contribution < -0.4 is 0 Å². The van der Waals surface area contributed by atoms with Crippen molar-refractivity contribution in [3.05, 3.63) is 41.7 Å². The van der Waals surface area contributed by atoms with Crippen molar-refractivity contribution in [2.24, 2.45) is 7.05 Å². The number of likely N-dealkylation sites (tertiary alicyclic amines) is 1. The van der Waals surface area contributed by atoms with Crippen LogP contribution in [0.2, 0.25) is 0 Å². The molecule has 1 aliphatic rings. The van der Waals surface area contributed by atoms with Crippen LogP contribution in [0.4, 0.5) is 0 Å². The molecular weight excluding hydrogens is 318 g/mol. The van der Waals surface area contributed by atoms with Gasteiger partial charge < -0.3 is 14.6 Å². The smallest absolute Gasteiger partial charge is 0.272 e. The van der Waals surface area contributed by atoms with Crippen LogP contribution in [0.3, 0.4) is 0 Å². The average molecular weight is 343 g/mol. The first-order valence-corrected chi connectivity index (χ1v) is 8.68. The molecule has 0 aromatic carbocycles. The summed E-state index contributed by atoms with van der Waals surface area (Å²) in [5.74, 6) is 0.964. The molecule has 25 heavy (non-hydrogen) atoms. The van der Waals surface area contributed by atoms with E-state index in [4.69, 9.17) is 0 Å². The van der Waals surface area contributed by atoms with E-state index in [-0.39, 0.29) is 12.5 Å². The summed E-state index contributed by atoms with van der Waals surface area (Å²) in [5, 5.41) is 18.9. The molecule has 0 radical (unpaired) electrons. The fourth-order valence-electron chi connectivity index (χ4n) is 3.23. The van der Waals surface area contributed by atoms with E-state index in [0.717, 1.165) is 17.8 Å². The summed E-state index contributed by atoms with van der Waals surface area (Å²) in [6.45, 7) is 5.10. The summed E-state index contributed by atoms with van der Waals surface area (Å²) in [6.07, 6.45) is 5.15. The van der Waals surface area contributed by atoms with E-state index < -0.39 is 5.60 Å². The SMILES string of the molecule is CC(C)c1ccc(C(=O)N2CCCC(O)(Cc3nncn3C)C2)nc1. The average Bonchev–Trinajstić information content (AvgIpc) is 2.98. The van der Waals surface area contributed by atoms with Gasteiger partial charge in [-0.05, 0) is 30.4 Å². The number of aliphatic hydroxyl groups is 1. The quantitative estimate of drug-likeness (QED) is 0.910. The maximum atomic E-state index is 12.8. The van der Waals surface area contributed by atoms with E-state index in [1.807, 2.05) is 13.1 Å². The van der Waals surface area contributed by atoms with Crippen LogP contribution in [-0.2, 0) is 13.5 Å². The number of rotatable bonds is 4. The molecule has 3 heterocycles. The summed E-state index contributed by atoms with van der Waals surface area (Å²) in [6, 6.07) is 3.72. The lowest BCUT2D eigenvalue weighted by Crippen LogP contribution is -2.51. The summed E-state index contributed by atoms with van der Waals surface area (Å²) in [7, 11) is 1.85. The summed E-state index contributed by atoms with van der Waals surface area (Å²) in [4.78, 5) is 18.8. The minimum atomic E-state index is -0.980. The van der Waals surface area contributed by atoms with Crippen molar-refractivity contribution in [2.45, 2.75) is 44.6 Å². The zero-order chi connectivity index (χ0) is 18.0. The van der Waals surface area contributed by atoms with E-state index in [1.54, 1.807) is 28.1 Å². The number of carbonyl (C=O) groups is 1. The summed E-state index contributed by atoms with van der Waals surface area (Å²) < 4.78 is 1.80. The van der Waals surface area contributed by atoms with Gasteiger partial charge in [-0.1, -0.05) is 19.9 Å². The summed E-state index contributed by atoms with van der Waals surface area (Å²) in [5.41, 5.74) is 0.549. The molecule has 7 heteroatoms. The van der Waals surface area contributed by atoms with Crippen molar-refractivity contribution in [1.29, 1.82) is 0 Å². The Balaban J connectivity index is 1.71. The molecule has 0 bridgehead atoms.